The molecule has 0 heterocycles. The van der Waals surface area contributed by atoms with E-state index in [1.807, 2.05) is 0 Å². The highest BCUT2D eigenvalue weighted by molar-refractivity contribution is 5.85. The molecule has 2 aliphatic carbocycles. The highest BCUT2D eigenvalue weighted by Crippen LogP contribution is 2.32. The molecule has 0 radical (unpaired) electrons. The molecule has 1 amide bonds. The van der Waals surface area contributed by atoms with Crippen molar-refractivity contribution < 1.29 is 14.7 Å². The standard InChI is InChI=1S/C18H32N2O3.ClH/c19-12-11-14-1-6-15(7-2-14)18(23)20-16-8-3-13(4-9-16)5-10-17(21)22;/h13-16H,1-12,19H2,(H,20,23)(H,21,22);1H/t13-,14?,15?,16-;. The van der Waals surface area contributed by atoms with Crippen molar-refractivity contribution in [2.24, 2.45) is 23.5 Å². The van der Waals surface area contributed by atoms with E-state index >= 15 is 0 Å². The minimum atomic E-state index is -0.703. The zero-order valence-electron chi connectivity index (χ0n) is 14.5. The molecular formula is C18H33ClN2O3. The van der Waals surface area contributed by atoms with Crippen molar-refractivity contribution in [3.05, 3.63) is 0 Å². The molecule has 2 saturated carbocycles. The van der Waals surface area contributed by atoms with Crippen LogP contribution in [0.1, 0.15) is 70.6 Å². The number of carbonyl (C=O) groups is 2. The number of carbonyl (C=O) groups excluding carboxylic acids is 1. The van der Waals surface area contributed by atoms with Crippen LogP contribution in [0.5, 0.6) is 0 Å². The highest BCUT2D eigenvalue weighted by Gasteiger charge is 2.28. The van der Waals surface area contributed by atoms with Crippen LogP contribution in [0.15, 0.2) is 0 Å². The largest absolute Gasteiger partial charge is 0.481 e. The number of carboxylic acid groups (broad SMARTS) is 1. The van der Waals surface area contributed by atoms with Crippen molar-refractivity contribution in [2.75, 3.05) is 6.54 Å². The normalized spacial score (nSPS) is 30.2. The molecule has 0 spiro atoms. The smallest absolute Gasteiger partial charge is 0.303 e. The van der Waals surface area contributed by atoms with E-state index in [4.69, 9.17) is 10.8 Å². The SMILES string of the molecule is Cl.NCCC1CCC(C(=O)N[C@H]2CC[C@H](CCC(=O)O)CC2)CC1. The van der Waals surface area contributed by atoms with Crippen molar-refractivity contribution in [3.63, 3.8) is 0 Å². The molecular weight excluding hydrogens is 328 g/mol. The quantitative estimate of drug-likeness (QED) is 0.650. The molecule has 2 aliphatic rings. The van der Waals surface area contributed by atoms with Gasteiger partial charge >= 0.3 is 5.97 Å². The van der Waals surface area contributed by atoms with Gasteiger partial charge in [-0.05, 0) is 82.6 Å². The Balaban J connectivity index is 0.00000288. The molecule has 0 unspecified atom stereocenters. The molecule has 0 saturated heterocycles. The average molecular weight is 361 g/mol. The van der Waals surface area contributed by atoms with E-state index in [0.29, 0.717) is 17.9 Å². The molecule has 0 bridgehead atoms. The van der Waals surface area contributed by atoms with Crippen molar-refractivity contribution in [1.29, 1.82) is 0 Å². The number of carboxylic acids is 1. The zero-order valence-corrected chi connectivity index (χ0v) is 15.4. The average Bonchev–Trinajstić information content (AvgIpc) is 2.55. The van der Waals surface area contributed by atoms with Gasteiger partial charge in [-0.15, -0.1) is 12.4 Å². The summed E-state index contributed by atoms with van der Waals surface area (Å²) in [5, 5.41) is 12.0. The van der Waals surface area contributed by atoms with Crippen LogP contribution in [-0.2, 0) is 9.59 Å². The summed E-state index contributed by atoms with van der Waals surface area (Å²) < 4.78 is 0. The van der Waals surface area contributed by atoms with Crippen LogP contribution in [0.3, 0.4) is 0 Å². The van der Waals surface area contributed by atoms with Gasteiger partial charge in [-0.2, -0.15) is 0 Å². The summed E-state index contributed by atoms with van der Waals surface area (Å²) in [6.45, 7) is 0.757. The van der Waals surface area contributed by atoms with Crippen LogP contribution in [0.25, 0.3) is 0 Å². The van der Waals surface area contributed by atoms with Crippen LogP contribution >= 0.6 is 12.4 Å². The Morgan fingerprint density at radius 1 is 0.917 bits per heavy atom. The molecule has 24 heavy (non-hydrogen) atoms. The van der Waals surface area contributed by atoms with Gasteiger partial charge < -0.3 is 16.2 Å². The van der Waals surface area contributed by atoms with Crippen molar-refractivity contribution >= 4 is 24.3 Å². The van der Waals surface area contributed by atoms with Gasteiger partial charge in [0.15, 0.2) is 0 Å². The topological polar surface area (TPSA) is 92.4 Å². The maximum atomic E-state index is 12.4. The van der Waals surface area contributed by atoms with E-state index in [1.165, 1.54) is 0 Å². The number of rotatable bonds is 7. The monoisotopic (exact) mass is 360 g/mol. The molecule has 0 aromatic carbocycles. The Hall–Kier alpha value is -0.810. The lowest BCUT2D eigenvalue weighted by atomic mass is 9.79. The Morgan fingerprint density at radius 2 is 1.46 bits per heavy atom. The predicted molar refractivity (Wildman–Crippen MR) is 97.1 cm³/mol. The van der Waals surface area contributed by atoms with E-state index in [0.717, 1.165) is 70.8 Å². The summed E-state index contributed by atoms with van der Waals surface area (Å²) in [5.41, 5.74) is 5.61. The summed E-state index contributed by atoms with van der Waals surface area (Å²) in [4.78, 5) is 23.0. The van der Waals surface area contributed by atoms with Crippen molar-refractivity contribution in [2.45, 2.75) is 76.7 Å². The minimum Gasteiger partial charge on any atom is -0.481 e. The second-order valence-electron chi connectivity index (χ2n) is 7.45. The number of nitrogens with two attached hydrogens (primary N) is 1. The van der Waals surface area contributed by atoms with Gasteiger partial charge in [0.1, 0.15) is 0 Å². The van der Waals surface area contributed by atoms with Gasteiger partial charge in [0.25, 0.3) is 0 Å². The Bertz CT molecular complexity index is 390. The van der Waals surface area contributed by atoms with E-state index in [9.17, 15) is 9.59 Å². The van der Waals surface area contributed by atoms with Crippen molar-refractivity contribution in [3.8, 4) is 0 Å². The Labute approximate surface area is 151 Å². The first-order valence-electron chi connectivity index (χ1n) is 9.30. The first-order chi connectivity index (χ1) is 11.1. The van der Waals surface area contributed by atoms with Crippen LogP contribution in [0, 0.1) is 17.8 Å². The fraction of sp³-hybridized carbons (Fsp3) is 0.889. The lowest BCUT2D eigenvalue weighted by molar-refractivity contribution is -0.137. The summed E-state index contributed by atoms with van der Waals surface area (Å²) in [6, 6.07) is 0.297. The molecule has 140 valence electrons. The van der Waals surface area contributed by atoms with Gasteiger partial charge in [0.05, 0.1) is 0 Å². The predicted octanol–water partition coefficient (Wildman–Crippen LogP) is 3.10. The van der Waals surface area contributed by atoms with E-state index < -0.39 is 5.97 Å². The lowest BCUT2D eigenvalue weighted by Crippen LogP contribution is -2.42. The molecule has 5 nitrogen and oxygen atoms in total. The second-order valence-corrected chi connectivity index (χ2v) is 7.45. The van der Waals surface area contributed by atoms with Gasteiger partial charge in [-0.3, -0.25) is 9.59 Å². The molecule has 0 aromatic rings. The lowest BCUT2D eigenvalue weighted by Gasteiger charge is -2.32. The molecule has 0 atom stereocenters. The van der Waals surface area contributed by atoms with Crippen molar-refractivity contribution in [1.82, 2.24) is 5.32 Å². The van der Waals surface area contributed by atoms with Crippen LogP contribution < -0.4 is 11.1 Å². The third kappa shape index (κ3) is 6.98. The third-order valence-corrected chi connectivity index (χ3v) is 5.75. The first kappa shape index (κ1) is 21.2. The minimum absolute atomic E-state index is 0. The Morgan fingerprint density at radius 3 is 2.00 bits per heavy atom. The molecule has 2 rings (SSSR count). The van der Waals surface area contributed by atoms with Gasteiger partial charge in [-0.25, -0.2) is 0 Å². The molecule has 0 aliphatic heterocycles. The fourth-order valence-corrected chi connectivity index (χ4v) is 4.19. The van der Waals surface area contributed by atoms with Crippen LogP contribution in [0.4, 0.5) is 0 Å². The molecule has 4 N–H and O–H groups in total. The van der Waals surface area contributed by atoms with Gasteiger partial charge in [-0.1, -0.05) is 0 Å². The zero-order chi connectivity index (χ0) is 16.7. The van der Waals surface area contributed by atoms with E-state index in [-0.39, 0.29) is 30.7 Å². The number of halogens is 1. The fourth-order valence-electron chi connectivity index (χ4n) is 4.19. The summed E-state index contributed by atoms with van der Waals surface area (Å²) in [5.74, 6) is 0.962. The summed E-state index contributed by atoms with van der Waals surface area (Å²) >= 11 is 0. The third-order valence-electron chi connectivity index (χ3n) is 5.75. The van der Waals surface area contributed by atoms with Crippen LogP contribution in [0.2, 0.25) is 0 Å². The Kier molecular flexibility index (Phi) is 9.67. The first-order valence-corrected chi connectivity index (χ1v) is 9.30. The summed E-state index contributed by atoms with van der Waals surface area (Å²) in [6.07, 6.45) is 10.5. The molecule has 2 fully saturated rings. The van der Waals surface area contributed by atoms with Crippen LogP contribution in [-0.4, -0.2) is 29.6 Å². The number of hydrogen-bond donors (Lipinski definition) is 3. The van der Waals surface area contributed by atoms with Gasteiger partial charge in [0, 0.05) is 18.4 Å². The van der Waals surface area contributed by atoms with E-state index in [2.05, 4.69) is 5.32 Å². The highest BCUT2D eigenvalue weighted by atomic mass is 35.5. The molecule has 0 aromatic heterocycles. The number of amides is 1. The maximum Gasteiger partial charge on any atom is 0.303 e. The van der Waals surface area contributed by atoms with Gasteiger partial charge in [0.2, 0.25) is 5.91 Å². The van der Waals surface area contributed by atoms with E-state index in [1.54, 1.807) is 0 Å². The maximum absolute atomic E-state index is 12.4. The number of aliphatic carboxylic acids is 1. The number of hydrogen-bond acceptors (Lipinski definition) is 3. The summed E-state index contributed by atoms with van der Waals surface area (Å²) in [7, 11) is 0. The number of nitrogens with one attached hydrogen (secondary N) is 1. The second kappa shape index (κ2) is 10.9. The molecule has 6 heteroatoms.